The topological polar surface area (TPSA) is 90.5 Å². The lowest BCUT2D eigenvalue weighted by Crippen LogP contribution is -2.43. The standard InChI is InChI=1S/C21H23FN4O3/c1-14(27)23-19-13-17(7-8-18(19)22)24-20(28)15-9-11-26(12-10-15)21(29)25-16-5-3-2-4-6-16/h2-8,13,15H,9-12H2,1H3,(H,23,27)(H,24,28)(H,25,29). The fourth-order valence-electron chi connectivity index (χ4n) is 3.20. The highest BCUT2D eigenvalue weighted by atomic mass is 19.1. The van der Waals surface area contributed by atoms with Crippen molar-refractivity contribution in [1.82, 2.24) is 4.90 Å². The molecule has 1 fully saturated rings. The molecule has 0 unspecified atom stereocenters. The number of anilines is 3. The Morgan fingerprint density at radius 3 is 2.28 bits per heavy atom. The Kier molecular flexibility index (Phi) is 6.43. The third kappa shape index (κ3) is 5.54. The molecule has 1 aliphatic heterocycles. The molecule has 3 N–H and O–H groups in total. The van der Waals surface area contributed by atoms with E-state index in [4.69, 9.17) is 0 Å². The number of halogens is 1. The predicted octanol–water partition coefficient (Wildman–Crippen LogP) is 3.67. The SMILES string of the molecule is CC(=O)Nc1cc(NC(=O)C2CCN(C(=O)Nc3ccccc3)CC2)ccc1F. The number of likely N-dealkylation sites (tertiary alicyclic amines) is 1. The van der Waals surface area contributed by atoms with Crippen LogP contribution in [0.4, 0.5) is 26.2 Å². The van der Waals surface area contributed by atoms with Gasteiger partial charge in [0.05, 0.1) is 5.69 Å². The predicted molar refractivity (Wildman–Crippen MR) is 109 cm³/mol. The molecule has 4 amide bonds. The average molecular weight is 398 g/mol. The van der Waals surface area contributed by atoms with Gasteiger partial charge in [-0.05, 0) is 43.2 Å². The summed E-state index contributed by atoms with van der Waals surface area (Å²) in [6, 6.07) is 13.0. The summed E-state index contributed by atoms with van der Waals surface area (Å²) >= 11 is 0. The maximum absolute atomic E-state index is 13.7. The van der Waals surface area contributed by atoms with Gasteiger partial charge in [-0.1, -0.05) is 18.2 Å². The van der Waals surface area contributed by atoms with Crippen LogP contribution in [0.3, 0.4) is 0 Å². The average Bonchev–Trinajstić information content (AvgIpc) is 2.71. The van der Waals surface area contributed by atoms with Gasteiger partial charge < -0.3 is 20.9 Å². The molecule has 8 heteroatoms. The Morgan fingerprint density at radius 2 is 1.62 bits per heavy atom. The number of nitrogens with one attached hydrogen (secondary N) is 3. The minimum Gasteiger partial charge on any atom is -0.326 e. The molecular formula is C21H23FN4O3. The molecule has 0 radical (unpaired) electrons. The van der Waals surface area contributed by atoms with Crippen LogP contribution in [-0.4, -0.2) is 35.8 Å². The fourth-order valence-corrected chi connectivity index (χ4v) is 3.20. The van der Waals surface area contributed by atoms with Crippen molar-refractivity contribution in [2.45, 2.75) is 19.8 Å². The van der Waals surface area contributed by atoms with E-state index in [9.17, 15) is 18.8 Å². The van der Waals surface area contributed by atoms with Crippen LogP contribution in [0.5, 0.6) is 0 Å². The minimum atomic E-state index is -0.573. The van der Waals surface area contributed by atoms with Gasteiger partial charge in [0.25, 0.3) is 0 Å². The molecule has 29 heavy (non-hydrogen) atoms. The van der Waals surface area contributed by atoms with Crippen LogP contribution < -0.4 is 16.0 Å². The summed E-state index contributed by atoms with van der Waals surface area (Å²) in [7, 11) is 0. The van der Waals surface area contributed by atoms with Crippen LogP contribution in [0.25, 0.3) is 0 Å². The smallest absolute Gasteiger partial charge is 0.321 e. The first-order valence-electron chi connectivity index (χ1n) is 9.41. The molecule has 0 bridgehead atoms. The summed E-state index contributed by atoms with van der Waals surface area (Å²) in [5.41, 5.74) is 1.15. The number of nitrogens with zero attached hydrogens (tertiary/aromatic N) is 1. The van der Waals surface area contributed by atoms with Crippen LogP contribution in [0.15, 0.2) is 48.5 Å². The lowest BCUT2D eigenvalue weighted by molar-refractivity contribution is -0.121. The van der Waals surface area contributed by atoms with Gasteiger partial charge in [-0.15, -0.1) is 0 Å². The summed E-state index contributed by atoms with van der Waals surface area (Å²) in [6.07, 6.45) is 1.07. The van der Waals surface area contributed by atoms with Gasteiger partial charge in [-0.3, -0.25) is 9.59 Å². The summed E-state index contributed by atoms with van der Waals surface area (Å²) in [4.78, 5) is 37.7. The number of carbonyl (C=O) groups excluding carboxylic acids is 3. The molecule has 7 nitrogen and oxygen atoms in total. The third-order valence-electron chi connectivity index (χ3n) is 4.72. The summed E-state index contributed by atoms with van der Waals surface area (Å²) < 4.78 is 13.7. The van der Waals surface area contributed by atoms with Gasteiger partial charge in [0.1, 0.15) is 5.82 Å². The summed E-state index contributed by atoms with van der Waals surface area (Å²) in [5, 5.41) is 7.99. The monoisotopic (exact) mass is 398 g/mol. The lowest BCUT2D eigenvalue weighted by Gasteiger charge is -2.31. The molecule has 1 aliphatic rings. The van der Waals surface area contributed by atoms with E-state index in [1.807, 2.05) is 30.3 Å². The zero-order valence-corrected chi connectivity index (χ0v) is 16.1. The Hall–Kier alpha value is -3.42. The van der Waals surface area contributed by atoms with Gasteiger partial charge >= 0.3 is 6.03 Å². The number of benzene rings is 2. The number of para-hydroxylation sites is 1. The number of amides is 4. The number of carbonyl (C=O) groups is 3. The Morgan fingerprint density at radius 1 is 0.931 bits per heavy atom. The van der Waals surface area contributed by atoms with Crippen molar-refractivity contribution in [2.75, 3.05) is 29.0 Å². The van der Waals surface area contributed by atoms with Crippen LogP contribution in [-0.2, 0) is 9.59 Å². The van der Waals surface area contributed by atoms with E-state index in [1.54, 1.807) is 4.90 Å². The zero-order chi connectivity index (χ0) is 20.8. The Bertz CT molecular complexity index is 896. The summed E-state index contributed by atoms with van der Waals surface area (Å²) in [6.45, 7) is 2.22. The molecular weight excluding hydrogens is 375 g/mol. The molecule has 0 atom stereocenters. The number of urea groups is 1. The van der Waals surface area contributed by atoms with Crippen LogP contribution in [0, 0.1) is 11.7 Å². The second kappa shape index (κ2) is 9.18. The first-order chi connectivity index (χ1) is 13.9. The van der Waals surface area contributed by atoms with Crippen LogP contribution in [0.2, 0.25) is 0 Å². The second-order valence-corrected chi connectivity index (χ2v) is 6.92. The molecule has 0 saturated carbocycles. The van der Waals surface area contributed by atoms with Gasteiger partial charge in [-0.2, -0.15) is 0 Å². The maximum Gasteiger partial charge on any atom is 0.321 e. The van der Waals surface area contributed by atoms with E-state index >= 15 is 0 Å². The maximum atomic E-state index is 13.7. The quantitative estimate of drug-likeness (QED) is 0.734. The van der Waals surface area contributed by atoms with E-state index < -0.39 is 11.7 Å². The van der Waals surface area contributed by atoms with Gasteiger partial charge in [0, 0.05) is 37.3 Å². The van der Waals surface area contributed by atoms with Crippen molar-refractivity contribution in [3.05, 3.63) is 54.3 Å². The highest BCUT2D eigenvalue weighted by molar-refractivity contribution is 5.95. The lowest BCUT2D eigenvalue weighted by atomic mass is 9.96. The molecule has 1 saturated heterocycles. The van der Waals surface area contributed by atoms with Gasteiger partial charge in [0.15, 0.2) is 0 Å². The van der Waals surface area contributed by atoms with Crippen molar-refractivity contribution >= 4 is 34.9 Å². The van der Waals surface area contributed by atoms with Crippen molar-refractivity contribution < 1.29 is 18.8 Å². The van der Waals surface area contributed by atoms with Crippen molar-refractivity contribution in [3.8, 4) is 0 Å². The molecule has 2 aromatic carbocycles. The van der Waals surface area contributed by atoms with E-state index in [0.29, 0.717) is 31.6 Å². The molecule has 2 aromatic rings. The highest BCUT2D eigenvalue weighted by Crippen LogP contribution is 2.23. The number of piperidine rings is 1. The van der Waals surface area contributed by atoms with Crippen molar-refractivity contribution in [3.63, 3.8) is 0 Å². The molecule has 3 rings (SSSR count). The van der Waals surface area contributed by atoms with E-state index in [1.165, 1.54) is 25.1 Å². The zero-order valence-electron chi connectivity index (χ0n) is 16.1. The molecule has 152 valence electrons. The first-order valence-corrected chi connectivity index (χ1v) is 9.41. The molecule has 0 aromatic heterocycles. The molecule has 0 aliphatic carbocycles. The van der Waals surface area contributed by atoms with E-state index in [0.717, 1.165) is 5.69 Å². The largest absolute Gasteiger partial charge is 0.326 e. The van der Waals surface area contributed by atoms with Crippen molar-refractivity contribution in [1.29, 1.82) is 0 Å². The summed E-state index contributed by atoms with van der Waals surface area (Å²) in [5.74, 6) is -1.40. The number of hydrogen-bond acceptors (Lipinski definition) is 3. The van der Waals surface area contributed by atoms with E-state index in [2.05, 4.69) is 16.0 Å². The van der Waals surface area contributed by atoms with Crippen LogP contribution in [0.1, 0.15) is 19.8 Å². The number of hydrogen-bond donors (Lipinski definition) is 3. The number of rotatable bonds is 4. The Labute approximate surface area is 168 Å². The third-order valence-corrected chi connectivity index (χ3v) is 4.72. The van der Waals surface area contributed by atoms with E-state index in [-0.39, 0.29) is 23.5 Å². The normalized spacial score (nSPS) is 14.2. The molecule has 1 heterocycles. The Balaban J connectivity index is 1.52. The van der Waals surface area contributed by atoms with Gasteiger partial charge in [0.2, 0.25) is 11.8 Å². The highest BCUT2D eigenvalue weighted by Gasteiger charge is 2.27. The van der Waals surface area contributed by atoms with Crippen molar-refractivity contribution in [2.24, 2.45) is 5.92 Å². The minimum absolute atomic E-state index is 0.0164. The first kappa shape index (κ1) is 20.3. The fraction of sp³-hybridized carbons (Fsp3) is 0.286. The van der Waals surface area contributed by atoms with Crippen LogP contribution >= 0.6 is 0 Å². The second-order valence-electron chi connectivity index (χ2n) is 6.92. The molecule has 0 spiro atoms. The van der Waals surface area contributed by atoms with Gasteiger partial charge in [-0.25, -0.2) is 9.18 Å².